The van der Waals surface area contributed by atoms with Crippen LogP contribution in [0.1, 0.15) is 39.1 Å². The lowest BCUT2D eigenvalue weighted by Gasteiger charge is -2.36. The molecule has 0 aliphatic carbocycles. The highest BCUT2D eigenvalue weighted by molar-refractivity contribution is 6.23. The molecule has 3 aliphatic rings. The molecule has 0 spiro atoms. The Morgan fingerprint density at radius 1 is 0.900 bits per heavy atom. The monoisotopic (exact) mass is 405 g/mol. The van der Waals surface area contributed by atoms with Gasteiger partial charge in [0.1, 0.15) is 0 Å². The summed E-state index contributed by atoms with van der Waals surface area (Å²) in [7, 11) is 0. The molecule has 156 valence electrons. The van der Waals surface area contributed by atoms with Gasteiger partial charge in [0.25, 0.3) is 11.8 Å². The average molecular weight is 405 g/mol. The van der Waals surface area contributed by atoms with E-state index in [0.717, 1.165) is 51.3 Å². The van der Waals surface area contributed by atoms with E-state index < -0.39 is 0 Å². The molecular formula is C24H27N3O3. The number of hydrogen-bond acceptors (Lipinski definition) is 5. The van der Waals surface area contributed by atoms with Crippen LogP contribution in [0.15, 0.2) is 48.5 Å². The number of ether oxygens (including phenoxy) is 1. The number of fused-ring (bicyclic) bond motifs is 1. The van der Waals surface area contributed by atoms with Gasteiger partial charge in [0.2, 0.25) is 0 Å². The maximum atomic E-state index is 13.2. The van der Waals surface area contributed by atoms with E-state index in [9.17, 15) is 9.59 Å². The highest BCUT2D eigenvalue weighted by atomic mass is 16.5. The number of hydrogen-bond donors (Lipinski definition) is 0. The van der Waals surface area contributed by atoms with E-state index in [1.54, 1.807) is 6.07 Å². The molecule has 0 N–H and O–H groups in total. The lowest BCUT2D eigenvalue weighted by Crippen LogP contribution is -2.46. The SMILES string of the molecule is O=C1c2cccc(N3CCN(Cc4ccccc4)CC3)c2C(=O)N1CC1CCCO1. The predicted octanol–water partition coefficient (Wildman–Crippen LogP) is 2.78. The van der Waals surface area contributed by atoms with Gasteiger partial charge in [-0.2, -0.15) is 0 Å². The number of rotatable bonds is 5. The summed E-state index contributed by atoms with van der Waals surface area (Å²) >= 11 is 0. The molecule has 1 atom stereocenters. The summed E-state index contributed by atoms with van der Waals surface area (Å²) in [5.41, 5.74) is 3.30. The van der Waals surface area contributed by atoms with E-state index in [1.165, 1.54) is 10.5 Å². The van der Waals surface area contributed by atoms with Gasteiger partial charge in [-0.15, -0.1) is 0 Å². The van der Waals surface area contributed by atoms with Crippen molar-refractivity contribution in [2.45, 2.75) is 25.5 Å². The van der Waals surface area contributed by atoms with Gasteiger partial charge in [0.15, 0.2) is 0 Å². The van der Waals surface area contributed by atoms with Crippen molar-refractivity contribution in [3.63, 3.8) is 0 Å². The average Bonchev–Trinajstić information content (AvgIpc) is 3.38. The molecule has 6 heteroatoms. The second-order valence-corrected chi connectivity index (χ2v) is 8.30. The van der Waals surface area contributed by atoms with Crippen LogP contribution in [0.2, 0.25) is 0 Å². The molecule has 2 aromatic rings. The van der Waals surface area contributed by atoms with E-state index in [4.69, 9.17) is 4.74 Å². The number of imide groups is 1. The van der Waals surface area contributed by atoms with Crippen molar-refractivity contribution in [3.8, 4) is 0 Å². The molecule has 30 heavy (non-hydrogen) atoms. The largest absolute Gasteiger partial charge is 0.376 e. The molecule has 0 aromatic heterocycles. The zero-order valence-corrected chi connectivity index (χ0v) is 17.1. The maximum absolute atomic E-state index is 13.2. The number of anilines is 1. The number of piperazine rings is 1. The molecule has 0 bridgehead atoms. The van der Waals surface area contributed by atoms with E-state index >= 15 is 0 Å². The van der Waals surface area contributed by atoms with Crippen LogP contribution in [0.4, 0.5) is 5.69 Å². The van der Waals surface area contributed by atoms with Gasteiger partial charge in [-0.1, -0.05) is 36.4 Å². The summed E-state index contributed by atoms with van der Waals surface area (Å²) in [5, 5.41) is 0. The minimum Gasteiger partial charge on any atom is -0.376 e. The Bertz CT molecular complexity index is 932. The Hall–Kier alpha value is -2.70. The first-order valence-corrected chi connectivity index (χ1v) is 10.8. The smallest absolute Gasteiger partial charge is 0.263 e. The number of amides is 2. The third-order valence-corrected chi connectivity index (χ3v) is 6.35. The molecule has 1 unspecified atom stereocenters. The van der Waals surface area contributed by atoms with Gasteiger partial charge in [0, 0.05) is 39.3 Å². The van der Waals surface area contributed by atoms with Crippen LogP contribution >= 0.6 is 0 Å². The Morgan fingerprint density at radius 2 is 1.70 bits per heavy atom. The van der Waals surface area contributed by atoms with Gasteiger partial charge in [-0.25, -0.2) is 0 Å². The fraction of sp³-hybridized carbons (Fsp3) is 0.417. The van der Waals surface area contributed by atoms with Crippen LogP contribution in [0.3, 0.4) is 0 Å². The Balaban J connectivity index is 1.29. The molecule has 3 aliphatic heterocycles. The minimum absolute atomic E-state index is 0.0304. The minimum atomic E-state index is -0.185. The first-order chi connectivity index (χ1) is 14.7. The first-order valence-electron chi connectivity index (χ1n) is 10.8. The molecule has 2 saturated heterocycles. The molecular weight excluding hydrogens is 378 g/mol. The van der Waals surface area contributed by atoms with Gasteiger partial charge >= 0.3 is 0 Å². The summed E-state index contributed by atoms with van der Waals surface area (Å²) in [5.74, 6) is -0.358. The van der Waals surface area contributed by atoms with Crippen LogP contribution in [-0.4, -0.2) is 67.0 Å². The molecule has 6 nitrogen and oxygen atoms in total. The molecule has 0 radical (unpaired) electrons. The standard InChI is InChI=1S/C24H27N3O3/c28-23-20-9-4-10-21(22(20)24(29)27(23)17-19-8-5-15-30-19)26-13-11-25(12-14-26)16-18-6-2-1-3-7-18/h1-4,6-7,9-10,19H,5,8,11-17H2. The van der Waals surface area contributed by atoms with Crippen LogP contribution in [0.25, 0.3) is 0 Å². The predicted molar refractivity (Wildman–Crippen MR) is 115 cm³/mol. The summed E-state index contributed by atoms with van der Waals surface area (Å²) in [4.78, 5) is 32.2. The Morgan fingerprint density at radius 3 is 2.43 bits per heavy atom. The molecule has 5 rings (SSSR count). The van der Waals surface area contributed by atoms with Crippen molar-refractivity contribution in [3.05, 3.63) is 65.2 Å². The molecule has 2 fully saturated rings. The lowest BCUT2D eigenvalue weighted by molar-refractivity contribution is 0.0475. The van der Waals surface area contributed by atoms with Crippen LogP contribution < -0.4 is 4.90 Å². The number of carbonyl (C=O) groups excluding carboxylic acids is 2. The fourth-order valence-electron chi connectivity index (χ4n) is 4.73. The number of benzene rings is 2. The van der Waals surface area contributed by atoms with Crippen molar-refractivity contribution in [1.82, 2.24) is 9.80 Å². The third-order valence-electron chi connectivity index (χ3n) is 6.35. The highest BCUT2D eigenvalue weighted by Crippen LogP contribution is 2.33. The van der Waals surface area contributed by atoms with E-state index in [0.29, 0.717) is 24.3 Å². The van der Waals surface area contributed by atoms with Crippen LogP contribution in [0, 0.1) is 0 Å². The van der Waals surface area contributed by atoms with Gasteiger partial charge in [-0.05, 0) is 30.5 Å². The topological polar surface area (TPSA) is 53.1 Å². The van der Waals surface area contributed by atoms with E-state index in [-0.39, 0.29) is 17.9 Å². The Kier molecular flexibility index (Phi) is 5.27. The Labute approximate surface area is 177 Å². The zero-order valence-electron chi connectivity index (χ0n) is 17.1. The second-order valence-electron chi connectivity index (χ2n) is 8.30. The van der Waals surface area contributed by atoms with E-state index in [1.807, 2.05) is 18.2 Å². The van der Waals surface area contributed by atoms with Gasteiger partial charge < -0.3 is 9.64 Å². The van der Waals surface area contributed by atoms with Crippen molar-refractivity contribution >= 4 is 17.5 Å². The van der Waals surface area contributed by atoms with Crippen molar-refractivity contribution in [2.75, 3.05) is 44.2 Å². The molecule has 0 saturated carbocycles. The van der Waals surface area contributed by atoms with Crippen molar-refractivity contribution in [2.24, 2.45) is 0 Å². The molecule has 2 amide bonds. The van der Waals surface area contributed by atoms with Crippen molar-refractivity contribution in [1.29, 1.82) is 0 Å². The third kappa shape index (κ3) is 3.61. The van der Waals surface area contributed by atoms with Gasteiger partial charge in [-0.3, -0.25) is 19.4 Å². The van der Waals surface area contributed by atoms with Crippen molar-refractivity contribution < 1.29 is 14.3 Å². The molecule has 3 heterocycles. The number of carbonyl (C=O) groups is 2. The molecule has 2 aromatic carbocycles. The maximum Gasteiger partial charge on any atom is 0.263 e. The number of nitrogens with zero attached hydrogens (tertiary/aromatic N) is 3. The van der Waals surface area contributed by atoms with Gasteiger partial charge in [0.05, 0.1) is 29.5 Å². The van der Waals surface area contributed by atoms with Crippen LogP contribution in [0.5, 0.6) is 0 Å². The quantitative estimate of drug-likeness (QED) is 0.716. The summed E-state index contributed by atoms with van der Waals surface area (Å²) in [6.45, 7) is 5.56. The first kappa shape index (κ1) is 19.3. The van der Waals surface area contributed by atoms with Crippen LogP contribution in [-0.2, 0) is 11.3 Å². The lowest BCUT2D eigenvalue weighted by atomic mass is 10.1. The summed E-state index contributed by atoms with van der Waals surface area (Å²) < 4.78 is 5.66. The van der Waals surface area contributed by atoms with E-state index in [2.05, 4.69) is 34.1 Å². The highest BCUT2D eigenvalue weighted by Gasteiger charge is 2.40. The zero-order chi connectivity index (χ0) is 20.5. The fourth-order valence-corrected chi connectivity index (χ4v) is 4.73. The summed E-state index contributed by atoms with van der Waals surface area (Å²) in [6.07, 6.45) is 1.87. The summed E-state index contributed by atoms with van der Waals surface area (Å²) in [6, 6.07) is 16.1. The second kappa shape index (κ2) is 8.20. The normalized spacial score (nSPS) is 22.1.